The lowest BCUT2D eigenvalue weighted by Gasteiger charge is -2.32. The standard InChI is InChI=1S/C21H31N3O2.ClH/c22-15-18-7-4-8-19(18)23-21(26)17-11-13-24(14-12-17)20(25)10-9-16-5-2-1-3-6-16;/h1-3,5-6,17-19H,4,7-15,22H2,(H,23,26);1H. The predicted octanol–water partition coefficient (Wildman–Crippen LogP) is 2.52. The van der Waals surface area contributed by atoms with Gasteiger partial charge in [-0.15, -0.1) is 12.4 Å². The number of benzene rings is 1. The van der Waals surface area contributed by atoms with Crippen LogP contribution in [0.25, 0.3) is 0 Å². The minimum Gasteiger partial charge on any atom is -0.353 e. The van der Waals surface area contributed by atoms with Crippen LogP contribution in [0.4, 0.5) is 0 Å². The SMILES string of the molecule is Cl.NCC1CCCC1NC(=O)C1CCN(C(=O)CCc2ccccc2)CC1. The average Bonchev–Trinajstić information content (AvgIpc) is 3.14. The van der Waals surface area contributed by atoms with Gasteiger partial charge in [-0.2, -0.15) is 0 Å². The Kier molecular flexibility index (Phi) is 8.58. The number of carbonyl (C=O) groups excluding carboxylic acids is 2. The first-order valence-corrected chi connectivity index (χ1v) is 9.99. The van der Waals surface area contributed by atoms with Crippen LogP contribution in [0.3, 0.4) is 0 Å². The molecule has 1 aromatic carbocycles. The van der Waals surface area contributed by atoms with Crippen molar-refractivity contribution < 1.29 is 9.59 Å². The van der Waals surface area contributed by atoms with Crippen LogP contribution in [-0.2, 0) is 16.0 Å². The molecule has 27 heavy (non-hydrogen) atoms. The third kappa shape index (κ3) is 5.94. The first kappa shape index (κ1) is 21.7. The van der Waals surface area contributed by atoms with Gasteiger partial charge in [0.25, 0.3) is 0 Å². The zero-order valence-corrected chi connectivity index (χ0v) is 16.8. The molecule has 2 atom stereocenters. The molecule has 3 N–H and O–H groups in total. The van der Waals surface area contributed by atoms with Crippen LogP contribution in [0.1, 0.15) is 44.1 Å². The molecular weight excluding hydrogens is 362 g/mol. The van der Waals surface area contributed by atoms with Crippen LogP contribution in [0.15, 0.2) is 30.3 Å². The van der Waals surface area contributed by atoms with Gasteiger partial charge in [-0.05, 0) is 50.1 Å². The highest BCUT2D eigenvalue weighted by Gasteiger charge is 2.32. The predicted molar refractivity (Wildman–Crippen MR) is 110 cm³/mol. The minimum atomic E-state index is 0. The van der Waals surface area contributed by atoms with Gasteiger partial charge in [-0.1, -0.05) is 36.8 Å². The number of aryl methyl sites for hydroxylation is 1. The van der Waals surface area contributed by atoms with Crippen LogP contribution < -0.4 is 11.1 Å². The Hall–Kier alpha value is -1.59. The van der Waals surface area contributed by atoms with Crippen LogP contribution in [0, 0.1) is 11.8 Å². The second kappa shape index (κ2) is 10.7. The second-order valence-corrected chi connectivity index (χ2v) is 7.68. The van der Waals surface area contributed by atoms with Crippen LogP contribution in [0.5, 0.6) is 0 Å². The summed E-state index contributed by atoms with van der Waals surface area (Å²) in [5.74, 6) is 0.823. The Morgan fingerprint density at radius 1 is 1.07 bits per heavy atom. The molecule has 0 bridgehead atoms. The van der Waals surface area contributed by atoms with Crippen molar-refractivity contribution in [3.05, 3.63) is 35.9 Å². The third-order valence-electron chi connectivity index (χ3n) is 5.98. The van der Waals surface area contributed by atoms with Crippen molar-refractivity contribution in [1.82, 2.24) is 10.2 Å². The Balaban J connectivity index is 0.00000261. The van der Waals surface area contributed by atoms with Gasteiger partial charge in [-0.25, -0.2) is 0 Å². The van der Waals surface area contributed by atoms with E-state index in [0.29, 0.717) is 32.0 Å². The topological polar surface area (TPSA) is 75.4 Å². The van der Waals surface area contributed by atoms with Gasteiger partial charge in [0.05, 0.1) is 0 Å². The average molecular weight is 394 g/mol. The highest BCUT2D eigenvalue weighted by molar-refractivity contribution is 5.85. The Labute approximate surface area is 168 Å². The monoisotopic (exact) mass is 393 g/mol. The lowest BCUT2D eigenvalue weighted by atomic mass is 9.94. The summed E-state index contributed by atoms with van der Waals surface area (Å²) in [6.07, 6.45) is 6.18. The smallest absolute Gasteiger partial charge is 0.223 e. The number of nitrogens with two attached hydrogens (primary N) is 1. The van der Waals surface area contributed by atoms with E-state index in [9.17, 15) is 9.59 Å². The summed E-state index contributed by atoms with van der Waals surface area (Å²) in [5.41, 5.74) is 7.00. The van der Waals surface area contributed by atoms with Gasteiger partial charge in [0.2, 0.25) is 11.8 Å². The summed E-state index contributed by atoms with van der Waals surface area (Å²) in [6.45, 7) is 2.03. The number of amides is 2. The van der Waals surface area contributed by atoms with E-state index in [2.05, 4.69) is 17.4 Å². The fourth-order valence-electron chi connectivity index (χ4n) is 4.25. The summed E-state index contributed by atoms with van der Waals surface area (Å²) in [6, 6.07) is 10.4. The lowest BCUT2D eigenvalue weighted by molar-refractivity contribution is -0.135. The van der Waals surface area contributed by atoms with Crippen molar-refractivity contribution in [3.63, 3.8) is 0 Å². The summed E-state index contributed by atoms with van der Waals surface area (Å²) in [7, 11) is 0. The maximum atomic E-state index is 12.5. The largest absolute Gasteiger partial charge is 0.353 e. The molecule has 1 aliphatic heterocycles. The number of piperidine rings is 1. The van der Waals surface area contributed by atoms with Crippen molar-refractivity contribution in [2.75, 3.05) is 19.6 Å². The fraction of sp³-hybridized carbons (Fsp3) is 0.619. The molecule has 0 spiro atoms. The molecule has 150 valence electrons. The number of rotatable bonds is 6. The lowest BCUT2D eigenvalue weighted by Crippen LogP contribution is -2.47. The molecule has 0 radical (unpaired) electrons. The van der Waals surface area contributed by atoms with E-state index >= 15 is 0 Å². The summed E-state index contributed by atoms with van der Waals surface area (Å²) in [5, 5.41) is 3.22. The zero-order chi connectivity index (χ0) is 18.4. The molecule has 1 aromatic rings. The molecule has 1 saturated heterocycles. The fourth-order valence-corrected chi connectivity index (χ4v) is 4.25. The number of nitrogens with one attached hydrogen (secondary N) is 1. The summed E-state index contributed by atoms with van der Waals surface area (Å²) in [4.78, 5) is 26.9. The van der Waals surface area contributed by atoms with Gasteiger partial charge in [0.15, 0.2) is 0 Å². The van der Waals surface area contributed by atoms with Crippen molar-refractivity contribution in [2.24, 2.45) is 17.6 Å². The summed E-state index contributed by atoms with van der Waals surface area (Å²) < 4.78 is 0. The highest BCUT2D eigenvalue weighted by Crippen LogP contribution is 2.26. The van der Waals surface area contributed by atoms with Crippen molar-refractivity contribution in [3.8, 4) is 0 Å². The Morgan fingerprint density at radius 3 is 2.44 bits per heavy atom. The van der Waals surface area contributed by atoms with E-state index in [1.807, 2.05) is 23.1 Å². The molecule has 1 saturated carbocycles. The normalized spacial score (nSPS) is 22.9. The molecular formula is C21H32ClN3O2. The second-order valence-electron chi connectivity index (χ2n) is 7.68. The van der Waals surface area contributed by atoms with Gasteiger partial charge in [-0.3, -0.25) is 9.59 Å². The molecule has 2 amide bonds. The molecule has 2 aliphatic rings. The number of halogens is 1. The number of hydrogen-bond donors (Lipinski definition) is 2. The van der Waals surface area contributed by atoms with Crippen molar-refractivity contribution in [1.29, 1.82) is 0 Å². The number of hydrogen-bond acceptors (Lipinski definition) is 3. The molecule has 6 heteroatoms. The van der Waals surface area contributed by atoms with E-state index in [0.717, 1.165) is 38.5 Å². The van der Waals surface area contributed by atoms with E-state index in [1.54, 1.807) is 0 Å². The van der Waals surface area contributed by atoms with Gasteiger partial charge in [0.1, 0.15) is 0 Å². The third-order valence-corrected chi connectivity index (χ3v) is 5.98. The highest BCUT2D eigenvalue weighted by atomic mass is 35.5. The van der Waals surface area contributed by atoms with Crippen LogP contribution >= 0.6 is 12.4 Å². The molecule has 0 aromatic heterocycles. The van der Waals surface area contributed by atoms with Gasteiger partial charge >= 0.3 is 0 Å². The van der Waals surface area contributed by atoms with E-state index in [1.165, 1.54) is 5.56 Å². The molecule has 1 heterocycles. The molecule has 2 unspecified atom stereocenters. The van der Waals surface area contributed by atoms with Crippen molar-refractivity contribution in [2.45, 2.75) is 51.0 Å². The molecule has 3 rings (SSSR count). The molecule has 2 fully saturated rings. The van der Waals surface area contributed by atoms with Gasteiger partial charge in [0, 0.05) is 31.5 Å². The van der Waals surface area contributed by atoms with Gasteiger partial charge < -0.3 is 16.0 Å². The maximum Gasteiger partial charge on any atom is 0.223 e. The van der Waals surface area contributed by atoms with Crippen LogP contribution in [-0.4, -0.2) is 42.4 Å². The maximum absolute atomic E-state index is 12.5. The molecule has 1 aliphatic carbocycles. The number of carbonyl (C=O) groups is 2. The molecule has 5 nitrogen and oxygen atoms in total. The number of likely N-dealkylation sites (tertiary alicyclic amines) is 1. The van der Waals surface area contributed by atoms with E-state index < -0.39 is 0 Å². The minimum absolute atomic E-state index is 0. The van der Waals surface area contributed by atoms with Crippen molar-refractivity contribution >= 4 is 24.2 Å². The van der Waals surface area contributed by atoms with E-state index in [4.69, 9.17) is 5.73 Å². The quantitative estimate of drug-likeness (QED) is 0.779. The zero-order valence-electron chi connectivity index (χ0n) is 15.9. The first-order chi connectivity index (χ1) is 12.7. The first-order valence-electron chi connectivity index (χ1n) is 9.99. The summed E-state index contributed by atoms with van der Waals surface area (Å²) >= 11 is 0. The Morgan fingerprint density at radius 2 is 1.78 bits per heavy atom. The van der Waals surface area contributed by atoms with Crippen LogP contribution in [0.2, 0.25) is 0 Å². The van der Waals surface area contributed by atoms with E-state index in [-0.39, 0.29) is 36.2 Å². The Bertz CT molecular complexity index is 603. The number of nitrogens with zero attached hydrogens (tertiary/aromatic N) is 1.